The lowest BCUT2D eigenvalue weighted by molar-refractivity contribution is -0.131. The van der Waals surface area contributed by atoms with Crippen LogP contribution >= 0.6 is 12.6 Å². The minimum Gasteiger partial charge on any atom is -0.490 e. The standard InChI is InChI=1S/C15H14O3S/c16-14(19)15(17,12-7-3-1-4-8-12)11-18-13-9-5-2-6-10-13/h1-10,17H,11H2,(H,16,19). The van der Waals surface area contributed by atoms with Crippen molar-refractivity contribution in [1.29, 1.82) is 0 Å². The van der Waals surface area contributed by atoms with Crippen molar-refractivity contribution in [3.63, 3.8) is 0 Å². The Balaban J connectivity index is 2.19. The summed E-state index contributed by atoms with van der Waals surface area (Å²) in [5, 5.41) is 9.83. The number of carbonyl (C=O) groups is 1. The Morgan fingerprint density at radius 1 is 1.05 bits per heavy atom. The van der Waals surface area contributed by atoms with E-state index in [0.717, 1.165) is 0 Å². The van der Waals surface area contributed by atoms with E-state index < -0.39 is 10.7 Å². The van der Waals surface area contributed by atoms with Crippen LogP contribution in [0.3, 0.4) is 0 Å². The number of benzene rings is 2. The summed E-state index contributed by atoms with van der Waals surface area (Å²) in [6.07, 6.45) is 0. The van der Waals surface area contributed by atoms with Crippen molar-refractivity contribution >= 4 is 17.7 Å². The molecule has 1 unspecified atom stereocenters. The van der Waals surface area contributed by atoms with Crippen LogP contribution in [0, 0.1) is 0 Å². The molecule has 19 heavy (non-hydrogen) atoms. The van der Waals surface area contributed by atoms with Gasteiger partial charge in [0.1, 0.15) is 12.4 Å². The molecule has 0 aliphatic carbocycles. The molecule has 0 aromatic heterocycles. The Morgan fingerprint density at radius 2 is 1.58 bits per heavy atom. The molecule has 0 radical (unpaired) electrons. The third-order valence-electron chi connectivity index (χ3n) is 2.80. The van der Waals surface area contributed by atoms with E-state index in [4.69, 9.17) is 4.74 Å². The van der Waals surface area contributed by atoms with Crippen molar-refractivity contribution in [3.05, 3.63) is 66.2 Å². The molecule has 1 N–H and O–H groups in total. The number of thiol groups is 1. The molecule has 0 spiro atoms. The molecule has 0 fully saturated rings. The van der Waals surface area contributed by atoms with Crippen LogP contribution in [0.25, 0.3) is 0 Å². The van der Waals surface area contributed by atoms with Gasteiger partial charge in [-0.3, -0.25) is 4.79 Å². The van der Waals surface area contributed by atoms with Crippen LogP contribution in [-0.2, 0) is 10.4 Å². The molecule has 0 aliphatic heterocycles. The van der Waals surface area contributed by atoms with E-state index in [1.807, 2.05) is 24.3 Å². The van der Waals surface area contributed by atoms with Gasteiger partial charge in [-0.2, -0.15) is 0 Å². The zero-order valence-corrected chi connectivity index (χ0v) is 11.1. The predicted octanol–water partition coefficient (Wildman–Crippen LogP) is 2.41. The highest BCUT2D eigenvalue weighted by molar-refractivity contribution is 7.96. The van der Waals surface area contributed by atoms with Crippen LogP contribution in [-0.4, -0.2) is 16.8 Å². The van der Waals surface area contributed by atoms with Gasteiger partial charge in [0, 0.05) is 0 Å². The third kappa shape index (κ3) is 3.16. The highest BCUT2D eigenvalue weighted by atomic mass is 32.1. The second kappa shape index (κ2) is 5.91. The Hall–Kier alpha value is -1.78. The smallest absolute Gasteiger partial charge is 0.225 e. The van der Waals surface area contributed by atoms with Crippen molar-refractivity contribution in [2.75, 3.05) is 6.61 Å². The fourth-order valence-electron chi connectivity index (χ4n) is 1.69. The fraction of sp³-hybridized carbons (Fsp3) is 0.133. The molecule has 3 nitrogen and oxygen atoms in total. The second-order valence-electron chi connectivity index (χ2n) is 4.13. The molecule has 2 aromatic carbocycles. The number of para-hydroxylation sites is 1. The zero-order chi connectivity index (χ0) is 13.7. The van der Waals surface area contributed by atoms with E-state index in [0.29, 0.717) is 11.3 Å². The highest BCUT2D eigenvalue weighted by Gasteiger charge is 2.36. The minimum atomic E-state index is -1.75. The average Bonchev–Trinajstić information content (AvgIpc) is 2.46. The van der Waals surface area contributed by atoms with Crippen LogP contribution in [0.15, 0.2) is 60.7 Å². The predicted molar refractivity (Wildman–Crippen MR) is 76.3 cm³/mol. The van der Waals surface area contributed by atoms with Crippen molar-refractivity contribution in [1.82, 2.24) is 0 Å². The van der Waals surface area contributed by atoms with Gasteiger partial charge in [-0.15, -0.1) is 12.6 Å². The second-order valence-corrected chi connectivity index (χ2v) is 4.54. The molecule has 2 aromatic rings. The monoisotopic (exact) mass is 274 g/mol. The molecule has 4 heteroatoms. The quantitative estimate of drug-likeness (QED) is 0.823. The van der Waals surface area contributed by atoms with Crippen LogP contribution in [0.4, 0.5) is 0 Å². The lowest BCUT2D eigenvalue weighted by Crippen LogP contribution is -2.39. The van der Waals surface area contributed by atoms with E-state index >= 15 is 0 Å². The molecular weight excluding hydrogens is 260 g/mol. The molecule has 2 rings (SSSR count). The number of hydrogen-bond donors (Lipinski definition) is 2. The van der Waals surface area contributed by atoms with Crippen molar-refractivity contribution < 1.29 is 14.6 Å². The summed E-state index contributed by atoms with van der Waals surface area (Å²) in [6, 6.07) is 17.7. The zero-order valence-electron chi connectivity index (χ0n) is 10.2. The molecule has 0 aliphatic rings. The van der Waals surface area contributed by atoms with Gasteiger partial charge in [0.15, 0.2) is 5.60 Å². The van der Waals surface area contributed by atoms with Crippen molar-refractivity contribution in [2.45, 2.75) is 5.60 Å². The first-order chi connectivity index (χ1) is 9.13. The van der Waals surface area contributed by atoms with Gasteiger partial charge in [-0.25, -0.2) is 0 Å². The summed E-state index contributed by atoms with van der Waals surface area (Å²) >= 11 is 3.77. The van der Waals surface area contributed by atoms with Gasteiger partial charge in [-0.1, -0.05) is 48.5 Å². The Morgan fingerprint density at radius 3 is 2.11 bits per heavy atom. The highest BCUT2D eigenvalue weighted by Crippen LogP contribution is 2.25. The van der Waals surface area contributed by atoms with E-state index in [9.17, 15) is 9.90 Å². The molecule has 0 heterocycles. The van der Waals surface area contributed by atoms with Crippen molar-refractivity contribution in [3.8, 4) is 5.75 Å². The fourth-order valence-corrected chi connectivity index (χ4v) is 1.88. The largest absolute Gasteiger partial charge is 0.490 e. The molecular formula is C15H14O3S. The number of carbonyl (C=O) groups excluding carboxylic acids is 1. The Bertz CT molecular complexity index is 542. The van der Waals surface area contributed by atoms with Crippen LogP contribution in [0.5, 0.6) is 5.75 Å². The van der Waals surface area contributed by atoms with Crippen LogP contribution < -0.4 is 4.74 Å². The molecule has 0 saturated carbocycles. The minimum absolute atomic E-state index is 0.177. The summed E-state index contributed by atoms with van der Waals surface area (Å²) < 4.78 is 5.47. The van der Waals surface area contributed by atoms with Gasteiger partial charge >= 0.3 is 0 Å². The Kier molecular flexibility index (Phi) is 4.24. The number of rotatable bonds is 5. The maximum atomic E-state index is 11.6. The lowest BCUT2D eigenvalue weighted by atomic mass is 9.96. The van der Waals surface area contributed by atoms with Crippen LogP contribution in [0.1, 0.15) is 5.56 Å². The lowest BCUT2D eigenvalue weighted by Gasteiger charge is -2.25. The number of aliphatic hydroxyl groups is 1. The summed E-state index contributed by atoms with van der Waals surface area (Å²) in [7, 11) is 0. The van der Waals surface area contributed by atoms with E-state index in [-0.39, 0.29) is 6.61 Å². The first-order valence-electron chi connectivity index (χ1n) is 5.82. The maximum Gasteiger partial charge on any atom is 0.225 e. The summed E-state index contributed by atoms with van der Waals surface area (Å²) in [6.45, 7) is -0.177. The summed E-state index contributed by atoms with van der Waals surface area (Å²) in [5.41, 5.74) is -1.29. The first-order valence-corrected chi connectivity index (χ1v) is 6.27. The topological polar surface area (TPSA) is 46.5 Å². The van der Waals surface area contributed by atoms with E-state index in [1.54, 1.807) is 36.4 Å². The normalized spacial score (nSPS) is 13.6. The SMILES string of the molecule is O=C(S)C(O)(COc1ccccc1)c1ccccc1. The molecule has 0 amide bonds. The molecule has 0 bridgehead atoms. The Labute approximate surface area is 117 Å². The van der Waals surface area contributed by atoms with E-state index in [2.05, 4.69) is 12.6 Å². The third-order valence-corrected chi connectivity index (χ3v) is 3.17. The number of hydrogen-bond acceptors (Lipinski definition) is 3. The van der Waals surface area contributed by atoms with E-state index in [1.165, 1.54) is 0 Å². The summed E-state index contributed by atoms with van der Waals surface area (Å²) in [4.78, 5) is 11.6. The van der Waals surface area contributed by atoms with Gasteiger partial charge in [-0.05, 0) is 17.7 Å². The first kappa shape index (κ1) is 13.6. The average molecular weight is 274 g/mol. The van der Waals surface area contributed by atoms with Gasteiger partial charge in [0.05, 0.1) is 0 Å². The molecule has 98 valence electrons. The van der Waals surface area contributed by atoms with Gasteiger partial charge in [0.2, 0.25) is 5.12 Å². The maximum absolute atomic E-state index is 11.6. The van der Waals surface area contributed by atoms with Crippen molar-refractivity contribution in [2.24, 2.45) is 0 Å². The molecule has 1 atom stereocenters. The number of ether oxygens (including phenoxy) is 1. The van der Waals surface area contributed by atoms with Gasteiger partial charge < -0.3 is 9.84 Å². The summed E-state index contributed by atoms with van der Waals surface area (Å²) in [5.74, 6) is 0.589. The van der Waals surface area contributed by atoms with Gasteiger partial charge in [0.25, 0.3) is 0 Å². The van der Waals surface area contributed by atoms with Crippen LogP contribution in [0.2, 0.25) is 0 Å². The molecule has 0 saturated heterocycles.